The van der Waals surface area contributed by atoms with E-state index in [1.807, 2.05) is 6.08 Å². The van der Waals surface area contributed by atoms with Crippen LogP contribution in [0.15, 0.2) is 36.5 Å². The Morgan fingerprint density at radius 3 is 1.10 bits per heavy atom. The molecule has 0 saturated heterocycles. The first-order valence-electron chi connectivity index (χ1n) is 31.8. The van der Waals surface area contributed by atoms with Crippen LogP contribution in [0.5, 0.6) is 0 Å². The van der Waals surface area contributed by atoms with Crippen molar-refractivity contribution < 1.29 is 24.5 Å². The topological polar surface area (TPSA) is 95.9 Å². The van der Waals surface area contributed by atoms with E-state index in [0.717, 1.165) is 57.8 Å². The van der Waals surface area contributed by atoms with Crippen molar-refractivity contribution >= 4 is 11.9 Å². The number of carbonyl (C=O) groups excluding carboxylic acids is 2. The fraction of sp³-hybridized carbons (Fsp3) is 0.877. The first-order chi connectivity index (χ1) is 35.0. The zero-order chi connectivity index (χ0) is 51.4. The van der Waals surface area contributed by atoms with Crippen molar-refractivity contribution in [3.05, 3.63) is 36.5 Å². The number of hydrogen-bond donors (Lipinski definition) is 3. The van der Waals surface area contributed by atoms with Crippen LogP contribution >= 0.6 is 0 Å². The molecule has 6 nitrogen and oxygen atoms in total. The molecular weight excluding hydrogens is 875 g/mol. The van der Waals surface area contributed by atoms with Gasteiger partial charge in [-0.05, 0) is 64.2 Å². The summed E-state index contributed by atoms with van der Waals surface area (Å²) in [7, 11) is 0. The summed E-state index contributed by atoms with van der Waals surface area (Å²) in [4.78, 5) is 24.6. The van der Waals surface area contributed by atoms with Crippen LogP contribution in [0, 0.1) is 0 Å². The summed E-state index contributed by atoms with van der Waals surface area (Å²) >= 11 is 0. The fourth-order valence-electron chi connectivity index (χ4n) is 9.78. The smallest absolute Gasteiger partial charge is 0.305 e. The van der Waals surface area contributed by atoms with Crippen molar-refractivity contribution in [1.82, 2.24) is 5.32 Å². The summed E-state index contributed by atoms with van der Waals surface area (Å²) in [6.45, 7) is 4.88. The van der Waals surface area contributed by atoms with Gasteiger partial charge in [0, 0.05) is 12.8 Å². The third kappa shape index (κ3) is 57.2. The first-order valence-corrected chi connectivity index (χ1v) is 31.8. The van der Waals surface area contributed by atoms with Crippen LogP contribution in [0.4, 0.5) is 0 Å². The van der Waals surface area contributed by atoms with Gasteiger partial charge >= 0.3 is 5.97 Å². The van der Waals surface area contributed by atoms with E-state index in [4.69, 9.17) is 4.74 Å². The summed E-state index contributed by atoms with van der Waals surface area (Å²) in [5.74, 6) is -0.0775. The molecule has 418 valence electrons. The molecule has 3 N–H and O–H groups in total. The zero-order valence-corrected chi connectivity index (χ0v) is 47.7. The average molecular weight is 999 g/mol. The number of aliphatic hydroxyl groups excluding tert-OH is 2. The number of amides is 1. The molecule has 0 fully saturated rings. The molecule has 0 aliphatic carbocycles. The van der Waals surface area contributed by atoms with E-state index < -0.39 is 12.1 Å². The highest BCUT2D eigenvalue weighted by molar-refractivity contribution is 5.76. The lowest BCUT2D eigenvalue weighted by Crippen LogP contribution is -2.45. The maximum absolute atomic E-state index is 12.5. The van der Waals surface area contributed by atoms with E-state index in [1.165, 1.54) is 257 Å². The Labute approximate surface area is 443 Å². The van der Waals surface area contributed by atoms with Crippen LogP contribution in [0.1, 0.15) is 341 Å². The van der Waals surface area contributed by atoms with Gasteiger partial charge in [-0.1, -0.05) is 301 Å². The van der Waals surface area contributed by atoms with Crippen LogP contribution in [0.3, 0.4) is 0 Å². The second-order valence-electron chi connectivity index (χ2n) is 21.7. The Balaban J connectivity index is 3.45. The van der Waals surface area contributed by atoms with E-state index in [-0.39, 0.29) is 18.5 Å². The number of hydrogen-bond acceptors (Lipinski definition) is 5. The maximum atomic E-state index is 12.5. The van der Waals surface area contributed by atoms with Gasteiger partial charge in [-0.2, -0.15) is 0 Å². The normalized spacial score (nSPS) is 12.8. The molecule has 1 amide bonds. The van der Waals surface area contributed by atoms with Crippen LogP contribution in [-0.4, -0.2) is 47.4 Å². The largest absolute Gasteiger partial charge is 0.466 e. The standard InChI is InChI=1S/C65H123NO5/c1-3-5-7-9-11-13-15-17-19-21-22-23-24-26-29-33-37-41-45-49-53-57-63(68)62(61-67)66-64(69)58-54-50-46-42-38-34-30-27-28-32-36-40-44-48-52-56-60-71-65(70)59-55-51-47-43-39-35-31-25-20-18-16-14-12-10-8-6-4-2/h12,14,18,20,53,57,62-63,67-68H,3-11,13,15-17,19,21-52,54-56,58-61H2,1-2H3,(H,66,69)/b14-12-,20-18-,57-53+. The van der Waals surface area contributed by atoms with Gasteiger partial charge in [0.05, 0.1) is 25.4 Å². The van der Waals surface area contributed by atoms with E-state index in [9.17, 15) is 19.8 Å². The monoisotopic (exact) mass is 998 g/mol. The minimum atomic E-state index is -0.851. The summed E-state index contributed by atoms with van der Waals surface area (Å²) in [5.41, 5.74) is 0. The van der Waals surface area contributed by atoms with Crippen molar-refractivity contribution in [2.45, 2.75) is 353 Å². The Morgan fingerprint density at radius 2 is 0.704 bits per heavy atom. The second-order valence-corrected chi connectivity index (χ2v) is 21.7. The van der Waals surface area contributed by atoms with Crippen molar-refractivity contribution in [3.63, 3.8) is 0 Å². The van der Waals surface area contributed by atoms with Gasteiger partial charge in [0.25, 0.3) is 0 Å². The lowest BCUT2D eigenvalue weighted by Gasteiger charge is -2.20. The third-order valence-electron chi connectivity index (χ3n) is 14.7. The maximum Gasteiger partial charge on any atom is 0.305 e. The molecule has 0 aromatic rings. The van der Waals surface area contributed by atoms with E-state index in [2.05, 4.69) is 43.5 Å². The minimum Gasteiger partial charge on any atom is -0.466 e. The number of allylic oxidation sites excluding steroid dienone is 5. The molecule has 0 heterocycles. The number of rotatable bonds is 59. The van der Waals surface area contributed by atoms with Gasteiger partial charge in [-0.15, -0.1) is 0 Å². The summed E-state index contributed by atoms with van der Waals surface area (Å²) in [6.07, 6.45) is 76.0. The third-order valence-corrected chi connectivity index (χ3v) is 14.7. The number of ether oxygens (including phenoxy) is 1. The molecule has 0 aliphatic rings. The Kier molecular flexibility index (Phi) is 59.0. The number of aliphatic hydroxyl groups is 2. The molecule has 0 rings (SSSR count). The molecule has 2 unspecified atom stereocenters. The number of carbonyl (C=O) groups is 2. The molecule has 6 heteroatoms. The Bertz CT molecular complexity index is 1150. The molecular formula is C65H123NO5. The number of esters is 1. The highest BCUT2D eigenvalue weighted by Crippen LogP contribution is 2.18. The van der Waals surface area contributed by atoms with E-state index in [1.54, 1.807) is 6.08 Å². The first kappa shape index (κ1) is 69.1. The molecule has 0 aromatic heterocycles. The van der Waals surface area contributed by atoms with Gasteiger partial charge in [0.15, 0.2) is 0 Å². The highest BCUT2D eigenvalue weighted by atomic mass is 16.5. The van der Waals surface area contributed by atoms with Gasteiger partial charge in [-0.25, -0.2) is 0 Å². The van der Waals surface area contributed by atoms with Crippen molar-refractivity contribution in [2.75, 3.05) is 13.2 Å². The van der Waals surface area contributed by atoms with E-state index in [0.29, 0.717) is 19.4 Å². The summed E-state index contributed by atoms with van der Waals surface area (Å²) in [5, 5.41) is 23.2. The SMILES string of the molecule is CCCCC/C=C\C/C=C\CCCCCCCCCC(=O)OCCCCCCCCCCCCCCCCCCC(=O)NC(CO)C(O)/C=C/CCCCCCCCCCCCCCCCCCCCC. The molecule has 0 spiro atoms. The Hall–Kier alpha value is -1.92. The summed E-state index contributed by atoms with van der Waals surface area (Å²) < 4.78 is 5.48. The van der Waals surface area contributed by atoms with Crippen LogP contribution in [-0.2, 0) is 14.3 Å². The molecule has 0 aliphatic heterocycles. The van der Waals surface area contributed by atoms with Crippen LogP contribution < -0.4 is 5.32 Å². The molecule has 0 aromatic carbocycles. The quantitative estimate of drug-likeness (QED) is 0.0321. The number of unbranched alkanes of at least 4 members (excludes halogenated alkanes) is 44. The minimum absolute atomic E-state index is 0.00516. The summed E-state index contributed by atoms with van der Waals surface area (Å²) in [6, 6.07) is -0.635. The molecule has 71 heavy (non-hydrogen) atoms. The predicted molar refractivity (Wildman–Crippen MR) is 310 cm³/mol. The number of nitrogens with one attached hydrogen (secondary N) is 1. The van der Waals surface area contributed by atoms with Crippen LogP contribution in [0.2, 0.25) is 0 Å². The Morgan fingerprint density at radius 1 is 0.394 bits per heavy atom. The van der Waals surface area contributed by atoms with Gasteiger partial charge in [-0.3, -0.25) is 9.59 Å². The van der Waals surface area contributed by atoms with Crippen molar-refractivity contribution in [3.8, 4) is 0 Å². The van der Waals surface area contributed by atoms with Gasteiger partial charge in [0.2, 0.25) is 5.91 Å². The predicted octanol–water partition coefficient (Wildman–Crippen LogP) is 20.0. The fourth-order valence-corrected chi connectivity index (χ4v) is 9.78. The average Bonchev–Trinajstić information content (AvgIpc) is 3.37. The molecule has 0 saturated carbocycles. The van der Waals surface area contributed by atoms with E-state index >= 15 is 0 Å². The zero-order valence-electron chi connectivity index (χ0n) is 47.7. The lowest BCUT2D eigenvalue weighted by atomic mass is 10.0. The molecule has 0 radical (unpaired) electrons. The molecule has 2 atom stereocenters. The molecule has 0 bridgehead atoms. The lowest BCUT2D eigenvalue weighted by molar-refractivity contribution is -0.143. The van der Waals surface area contributed by atoms with Crippen molar-refractivity contribution in [2.24, 2.45) is 0 Å². The van der Waals surface area contributed by atoms with Gasteiger partial charge < -0.3 is 20.3 Å². The van der Waals surface area contributed by atoms with Crippen LogP contribution in [0.25, 0.3) is 0 Å². The van der Waals surface area contributed by atoms with Crippen molar-refractivity contribution in [1.29, 1.82) is 0 Å². The second kappa shape index (κ2) is 60.6. The highest BCUT2D eigenvalue weighted by Gasteiger charge is 2.18. The van der Waals surface area contributed by atoms with Gasteiger partial charge in [0.1, 0.15) is 0 Å².